The summed E-state index contributed by atoms with van der Waals surface area (Å²) in [4.78, 5) is 23.3. The smallest absolute Gasteiger partial charge is 0.359 e. The molecular weight excluding hydrogens is 224 g/mol. The van der Waals surface area contributed by atoms with Crippen molar-refractivity contribution in [3.8, 4) is 0 Å². The number of ether oxygens (including phenoxy) is 2. The number of carbonyl (C=O) groups excluding carboxylic acids is 2. The molecule has 1 saturated carbocycles. The van der Waals surface area contributed by atoms with Gasteiger partial charge in [0.25, 0.3) is 0 Å². The number of esters is 2. The van der Waals surface area contributed by atoms with Gasteiger partial charge >= 0.3 is 11.9 Å². The van der Waals surface area contributed by atoms with Crippen LogP contribution in [0.2, 0.25) is 0 Å². The predicted molar refractivity (Wildman–Crippen MR) is 57.1 cm³/mol. The van der Waals surface area contributed by atoms with E-state index in [2.05, 4.69) is 15.0 Å². The first-order valence-electron chi connectivity index (χ1n) is 5.49. The van der Waals surface area contributed by atoms with Crippen LogP contribution in [0.1, 0.15) is 25.7 Å². The number of hydrogen-bond donors (Lipinski definition) is 0. The van der Waals surface area contributed by atoms with Crippen molar-refractivity contribution >= 4 is 11.9 Å². The summed E-state index contributed by atoms with van der Waals surface area (Å²) in [5, 5.41) is 7.94. The van der Waals surface area contributed by atoms with Crippen LogP contribution < -0.4 is 0 Å². The Morgan fingerprint density at radius 3 is 2.24 bits per heavy atom. The van der Waals surface area contributed by atoms with E-state index >= 15 is 0 Å². The minimum absolute atomic E-state index is 0.0127. The van der Waals surface area contributed by atoms with E-state index in [-0.39, 0.29) is 11.3 Å². The van der Waals surface area contributed by atoms with Gasteiger partial charge in [-0.05, 0) is 12.8 Å². The summed E-state index contributed by atoms with van der Waals surface area (Å²) in [6.45, 7) is 0. The third-order valence-electron chi connectivity index (χ3n) is 3.24. The number of azo groups is 1. The lowest BCUT2D eigenvalue weighted by atomic mass is 9.88. The van der Waals surface area contributed by atoms with Crippen molar-refractivity contribution in [1.29, 1.82) is 0 Å². The van der Waals surface area contributed by atoms with Crippen LogP contribution in [-0.2, 0) is 19.1 Å². The van der Waals surface area contributed by atoms with Gasteiger partial charge in [0, 0.05) is 0 Å². The average molecular weight is 238 g/mol. The summed E-state index contributed by atoms with van der Waals surface area (Å²) >= 11 is 0. The molecule has 6 heteroatoms. The monoisotopic (exact) mass is 238 g/mol. The summed E-state index contributed by atoms with van der Waals surface area (Å²) < 4.78 is 9.32. The average Bonchev–Trinajstić information content (AvgIpc) is 2.96. The standard InChI is InChI=1S/C11H14N2O4/c1-16-9(14)7-8(10(15)17-2)12-13-11(7)5-3-4-6-11/h3-6H2,1-2H3. The number of rotatable bonds is 2. The quantitative estimate of drug-likeness (QED) is 0.680. The van der Waals surface area contributed by atoms with Crippen LogP contribution in [-0.4, -0.2) is 31.7 Å². The molecule has 0 amide bonds. The second-order valence-corrected chi connectivity index (χ2v) is 4.15. The first-order valence-corrected chi connectivity index (χ1v) is 5.49. The third kappa shape index (κ3) is 1.73. The van der Waals surface area contributed by atoms with Crippen molar-refractivity contribution in [2.24, 2.45) is 10.2 Å². The van der Waals surface area contributed by atoms with E-state index in [4.69, 9.17) is 4.74 Å². The summed E-state index contributed by atoms with van der Waals surface area (Å²) in [5.41, 5.74) is -0.415. The maximum atomic E-state index is 11.8. The Bertz CT molecular complexity index is 419. The van der Waals surface area contributed by atoms with Crippen molar-refractivity contribution in [1.82, 2.24) is 0 Å². The molecule has 17 heavy (non-hydrogen) atoms. The van der Waals surface area contributed by atoms with Gasteiger partial charge in [0.1, 0.15) is 11.1 Å². The number of carbonyl (C=O) groups is 2. The van der Waals surface area contributed by atoms with Crippen LogP contribution in [0.25, 0.3) is 0 Å². The van der Waals surface area contributed by atoms with Crippen molar-refractivity contribution in [2.45, 2.75) is 31.2 Å². The van der Waals surface area contributed by atoms with Crippen LogP contribution >= 0.6 is 0 Å². The summed E-state index contributed by atoms with van der Waals surface area (Å²) in [6, 6.07) is 0. The fourth-order valence-corrected chi connectivity index (χ4v) is 2.40. The highest BCUT2D eigenvalue weighted by molar-refractivity contribution is 6.02. The fourth-order valence-electron chi connectivity index (χ4n) is 2.40. The normalized spacial score (nSPS) is 21.1. The highest BCUT2D eigenvalue weighted by atomic mass is 16.5. The van der Waals surface area contributed by atoms with Gasteiger partial charge in [0.2, 0.25) is 0 Å². The van der Waals surface area contributed by atoms with Gasteiger partial charge < -0.3 is 9.47 Å². The second-order valence-electron chi connectivity index (χ2n) is 4.15. The zero-order valence-electron chi connectivity index (χ0n) is 9.86. The summed E-state index contributed by atoms with van der Waals surface area (Å²) in [5.74, 6) is -1.18. The van der Waals surface area contributed by atoms with Crippen molar-refractivity contribution in [2.75, 3.05) is 14.2 Å². The minimum atomic E-state index is -0.656. The van der Waals surface area contributed by atoms with E-state index in [9.17, 15) is 9.59 Å². The summed E-state index contributed by atoms with van der Waals surface area (Å²) in [6.07, 6.45) is 3.38. The first-order chi connectivity index (χ1) is 8.14. The van der Waals surface area contributed by atoms with Gasteiger partial charge in [-0.3, -0.25) is 0 Å². The van der Waals surface area contributed by atoms with Gasteiger partial charge in [-0.25, -0.2) is 9.59 Å². The Hall–Kier alpha value is -1.72. The Labute approximate surface area is 98.7 Å². The van der Waals surface area contributed by atoms with Crippen LogP contribution in [0.4, 0.5) is 0 Å². The van der Waals surface area contributed by atoms with Gasteiger partial charge in [0.05, 0.1) is 14.2 Å². The van der Waals surface area contributed by atoms with Crippen LogP contribution in [0, 0.1) is 0 Å². The number of methoxy groups -OCH3 is 2. The van der Waals surface area contributed by atoms with Crippen LogP contribution in [0.5, 0.6) is 0 Å². The Morgan fingerprint density at radius 2 is 1.71 bits per heavy atom. The molecule has 0 aromatic heterocycles. The maximum Gasteiger partial charge on any atom is 0.359 e. The number of nitrogens with zero attached hydrogens (tertiary/aromatic N) is 2. The molecule has 0 bridgehead atoms. The fraction of sp³-hybridized carbons (Fsp3) is 0.636. The first kappa shape index (κ1) is 11.8. The van der Waals surface area contributed by atoms with Crippen molar-refractivity contribution in [3.63, 3.8) is 0 Å². The molecule has 0 radical (unpaired) electrons. The zero-order chi connectivity index (χ0) is 12.5. The Morgan fingerprint density at radius 1 is 1.12 bits per heavy atom. The van der Waals surface area contributed by atoms with E-state index in [0.29, 0.717) is 0 Å². The molecule has 1 heterocycles. The molecule has 1 spiro atoms. The second kappa shape index (κ2) is 4.27. The molecule has 1 aliphatic heterocycles. The molecule has 0 unspecified atom stereocenters. The molecule has 1 aliphatic carbocycles. The molecule has 0 saturated heterocycles. The molecule has 0 aromatic rings. The molecular formula is C11H14N2O4. The van der Waals surface area contributed by atoms with Gasteiger partial charge in [-0.1, -0.05) is 12.8 Å². The van der Waals surface area contributed by atoms with Crippen LogP contribution in [0.15, 0.2) is 21.5 Å². The lowest BCUT2D eigenvalue weighted by molar-refractivity contribution is -0.139. The Balaban J connectivity index is 2.46. The molecule has 0 aromatic carbocycles. The van der Waals surface area contributed by atoms with Crippen molar-refractivity contribution in [3.05, 3.63) is 11.3 Å². The van der Waals surface area contributed by atoms with E-state index in [0.717, 1.165) is 25.7 Å². The van der Waals surface area contributed by atoms with Crippen LogP contribution in [0.3, 0.4) is 0 Å². The third-order valence-corrected chi connectivity index (χ3v) is 3.24. The largest absolute Gasteiger partial charge is 0.466 e. The van der Waals surface area contributed by atoms with E-state index < -0.39 is 17.5 Å². The van der Waals surface area contributed by atoms with E-state index in [1.54, 1.807) is 0 Å². The lowest BCUT2D eigenvalue weighted by Crippen LogP contribution is -2.30. The molecule has 1 fully saturated rings. The molecule has 0 atom stereocenters. The molecule has 2 rings (SSSR count). The SMILES string of the molecule is COC(=O)C1=C(C(=O)OC)C2(CCCC2)N=N1. The van der Waals surface area contributed by atoms with E-state index in [1.165, 1.54) is 14.2 Å². The minimum Gasteiger partial charge on any atom is -0.466 e. The van der Waals surface area contributed by atoms with Gasteiger partial charge in [0.15, 0.2) is 5.70 Å². The highest BCUT2D eigenvalue weighted by Crippen LogP contribution is 2.45. The van der Waals surface area contributed by atoms with Gasteiger partial charge in [-0.15, -0.1) is 5.11 Å². The summed E-state index contributed by atoms with van der Waals surface area (Å²) in [7, 11) is 2.53. The van der Waals surface area contributed by atoms with E-state index in [1.807, 2.05) is 0 Å². The molecule has 2 aliphatic rings. The predicted octanol–water partition coefficient (Wildman–Crippen LogP) is 1.37. The van der Waals surface area contributed by atoms with Crippen molar-refractivity contribution < 1.29 is 19.1 Å². The topological polar surface area (TPSA) is 77.3 Å². The zero-order valence-corrected chi connectivity index (χ0v) is 9.86. The molecule has 92 valence electrons. The maximum absolute atomic E-state index is 11.8. The Kier molecular flexibility index (Phi) is 2.95. The number of hydrogen-bond acceptors (Lipinski definition) is 6. The molecule has 0 N–H and O–H groups in total. The van der Waals surface area contributed by atoms with Gasteiger partial charge in [-0.2, -0.15) is 5.11 Å². The highest BCUT2D eigenvalue weighted by Gasteiger charge is 2.48. The lowest BCUT2D eigenvalue weighted by Gasteiger charge is -2.20. The molecule has 6 nitrogen and oxygen atoms in total.